The average Bonchev–Trinajstić information content (AvgIpc) is 2.84. The number of benzene rings is 2. The molecule has 0 bridgehead atoms. The first-order chi connectivity index (χ1) is 16.0. The highest BCUT2D eigenvalue weighted by Gasteiger charge is 2.28. The molecule has 2 amide bonds. The smallest absolute Gasteiger partial charge is 0.242 e. The number of hydrogen-bond acceptors (Lipinski definition) is 4. The Morgan fingerprint density at radius 1 is 1.09 bits per heavy atom. The van der Waals surface area contributed by atoms with Crippen molar-refractivity contribution in [3.63, 3.8) is 0 Å². The van der Waals surface area contributed by atoms with E-state index in [-0.39, 0.29) is 17.9 Å². The Kier molecular flexibility index (Phi) is 9.67. The van der Waals surface area contributed by atoms with E-state index in [0.717, 1.165) is 53.9 Å². The fourth-order valence-corrected chi connectivity index (χ4v) is 5.05. The third-order valence-electron chi connectivity index (χ3n) is 6.37. The van der Waals surface area contributed by atoms with Gasteiger partial charge in [-0.2, -0.15) is 0 Å². The number of thioether (sulfide) groups is 1. The Hall–Kier alpha value is -2.47. The number of rotatable bonds is 10. The highest BCUT2D eigenvalue weighted by molar-refractivity contribution is 7.99. The van der Waals surface area contributed by atoms with E-state index in [0.29, 0.717) is 12.3 Å². The summed E-state index contributed by atoms with van der Waals surface area (Å²) in [6.07, 6.45) is 5.62. The lowest BCUT2D eigenvalue weighted by molar-refractivity contribution is -0.139. The molecule has 1 N–H and O–H groups in total. The SMILES string of the molecule is COc1ccc(CSCC(=O)N(Cc2ccccc2C)[C@H](C)C(=O)NC2CCCCC2)cc1. The van der Waals surface area contributed by atoms with Gasteiger partial charge < -0.3 is 15.0 Å². The van der Waals surface area contributed by atoms with E-state index in [4.69, 9.17) is 4.74 Å². The largest absolute Gasteiger partial charge is 0.497 e. The van der Waals surface area contributed by atoms with Crippen molar-refractivity contribution in [3.8, 4) is 5.75 Å². The molecule has 0 radical (unpaired) electrons. The summed E-state index contributed by atoms with van der Waals surface area (Å²) in [4.78, 5) is 28.1. The van der Waals surface area contributed by atoms with E-state index in [9.17, 15) is 9.59 Å². The Labute approximate surface area is 202 Å². The molecule has 33 heavy (non-hydrogen) atoms. The lowest BCUT2D eigenvalue weighted by Gasteiger charge is -2.31. The van der Waals surface area contributed by atoms with E-state index in [1.807, 2.05) is 62.4 Å². The molecule has 0 heterocycles. The van der Waals surface area contributed by atoms with Gasteiger partial charge in [0.25, 0.3) is 0 Å². The van der Waals surface area contributed by atoms with Crippen LogP contribution in [-0.2, 0) is 21.9 Å². The van der Waals surface area contributed by atoms with Crippen molar-refractivity contribution in [3.05, 3.63) is 65.2 Å². The van der Waals surface area contributed by atoms with Crippen molar-refractivity contribution >= 4 is 23.6 Å². The molecule has 0 spiro atoms. The molecule has 3 rings (SSSR count). The normalized spacial score (nSPS) is 15.0. The van der Waals surface area contributed by atoms with Gasteiger partial charge >= 0.3 is 0 Å². The van der Waals surface area contributed by atoms with Gasteiger partial charge in [0.2, 0.25) is 11.8 Å². The van der Waals surface area contributed by atoms with Crippen LogP contribution >= 0.6 is 11.8 Å². The predicted molar refractivity (Wildman–Crippen MR) is 135 cm³/mol. The number of aryl methyl sites for hydroxylation is 1. The van der Waals surface area contributed by atoms with Crippen molar-refractivity contribution < 1.29 is 14.3 Å². The first-order valence-electron chi connectivity index (χ1n) is 11.8. The maximum Gasteiger partial charge on any atom is 0.242 e. The van der Waals surface area contributed by atoms with E-state index in [1.165, 1.54) is 6.42 Å². The number of hydrogen-bond donors (Lipinski definition) is 1. The van der Waals surface area contributed by atoms with Crippen LogP contribution < -0.4 is 10.1 Å². The first-order valence-corrected chi connectivity index (χ1v) is 13.0. The third kappa shape index (κ3) is 7.53. The Morgan fingerprint density at radius 3 is 2.45 bits per heavy atom. The number of carbonyl (C=O) groups is 2. The van der Waals surface area contributed by atoms with E-state index >= 15 is 0 Å². The first kappa shape index (κ1) is 25.2. The highest BCUT2D eigenvalue weighted by Crippen LogP contribution is 2.21. The van der Waals surface area contributed by atoms with Crippen LogP contribution in [0.25, 0.3) is 0 Å². The summed E-state index contributed by atoms with van der Waals surface area (Å²) in [5.41, 5.74) is 3.34. The second-order valence-electron chi connectivity index (χ2n) is 8.81. The number of methoxy groups -OCH3 is 1. The summed E-state index contributed by atoms with van der Waals surface area (Å²) in [6.45, 7) is 4.33. The number of carbonyl (C=O) groups excluding carboxylic acids is 2. The fourth-order valence-electron chi connectivity index (χ4n) is 4.18. The number of amides is 2. The molecule has 1 fully saturated rings. The summed E-state index contributed by atoms with van der Waals surface area (Å²) in [5.74, 6) is 1.82. The summed E-state index contributed by atoms with van der Waals surface area (Å²) in [7, 11) is 1.65. The van der Waals surface area contributed by atoms with Gasteiger partial charge in [-0.3, -0.25) is 9.59 Å². The van der Waals surface area contributed by atoms with Gasteiger partial charge in [0.15, 0.2) is 0 Å². The van der Waals surface area contributed by atoms with Crippen LogP contribution in [0.5, 0.6) is 5.75 Å². The van der Waals surface area contributed by atoms with Gasteiger partial charge in [-0.05, 0) is 55.5 Å². The minimum atomic E-state index is -0.513. The van der Waals surface area contributed by atoms with Gasteiger partial charge in [-0.25, -0.2) is 0 Å². The molecule has 0 aliphatic heterocycles. The molecule has 2 aromatic carbocycles. The van der Waals surface area contributed by atoms with Gasteiger partial charge in [-0.1, -0.05) is 55.7 Å². The lowest BCUT2D eigenvalue weighted by Crippen LogP contribution is -2.50. The molecule has 6 heteroatoms. The van der Waals surface area contributed by atoms with Crippen LogP contribution in [0.15, 0.2) is 48.5 Å². The lowest BCUT2D eigenvalue weighted by atomic mass is 9.95. The van der Waals surface area contributed by atoms with Crippen molar-refractivity contribution in [2.24, 2.45) is 0 Å². The molecular weight excluding hydrogens is 432 g/mol. The van der Waals surface area contributed by atoms with Gasteiger partial charge in [0, 0.05) is 18.3 Å². The maximum atomic E-state index is 13.3. The van der Waals surface area contributed by atoms with Crippen molar-refractivity contribution in [1.29, 1.82) is 0 Å². The average molecular weight is 469 g/mol. The van der Waals surface area contributed by atoms with E-state index in [2.05, 4.69) is 5.32 Å². The predicted octanol–water partition coefficient (Wildman–Crippen LogP) is 5.10. The number of nitrogens with zero attached hydrogens (tertiary/aromatic N) is 1. The van der Waals surface area contributed by atoms with Crippen molar-refractivity contribution in [1.82, 2.24) is 10.2 Å². The molecule has 2 aromatic rings. The summed E-state index contributed by atoms with van der Waals surface area (Å²) in [5, 5.41) is 3.20. The zero-order chi connectivity index (χ0) is 23.6. The maximum absolute atomic E-state index is 13.3. The van der Waals surface area contributed by atoms with Crippen LogP contribution in [0.1, 0.15) is 55.7 Å². The molecule has 0 aromatic heterocycles. The molecule has 0 saturated heterocycles. The molecule has 5 nitrogen and oxygen atoms in total. The molecule has 1 aliphatic rings. The van der Waals surface area contributed by atoms with Gasteiger partial charge in [0.05, 0.1) is 12.9 Å². The minimum absolute atomic E-state index is 0.0111. The fraction of sp³-hybridized carbons (Fsp3) is 0.481. The Bertz CT molecular complexity index is 910. The number of nitrogens with one attached hydrogen (secondary N) is 1. The van der Waals surface area contributed by atoms with Crippen LogP contribution in [0.4, 0.5) is 0 Å². The molecule has 0 unspecified atom stereocenters. The standard InChI is InChI=1S/C27H36N2O3S/c1-20-9-7-8-10-23(20)17-29(21(2)27(31)28-24-11-5-4-6-12-24)26(30)19-33-18-22-13-15-25(32-3)16-14-22/h7-10,13-16,21,24H,4-6,11-12,17-19H2,1-3H3,(H,28,31)/t21-/m1/s1. The summed E-state index contributed by atoms with van der Waals surface area (Å²) >= 11 is 1.57. The Morgan fingerprint density at radius 2 is 1.79 bits per heavy atom. The Balaban J connectivity index is 1.64. The molecule has 1 aliphatic carbocycles. The summed E-state index contributed by atoms with van der Waals surface area (Å²) < 4.78 is 5.21. The monoisotopic (exact) mass is 468 g/mol. The molecule has 178 valence electrons. The summed E-state index contributed by atoms with van der Waals surface area (Å²) in [6, 6.07) is 15.7. The molecule has 1 atom stereocenters. The van der Waals surface area contributed by atoms with E-state index < -0.39 is 6.04 Å². The van der Waals surface area contributed by atoms with Crippen molar-refractivity contribution in [2.45, 2.75) is 70.3 Å². The second-order valence-corrected chi connectivity index (χ2v) is 9.79. The third-order valence-corrected chi connectivity index (χ3v) is 7.36. The quantitative estimate of drug-likeness (QED) is 0.527. The van der Waals surface area contributed by atoms with E-state index in [1.54, 1.807) is 23.8 Å². The topological polar surface area (TPSA) is 58.6 Å². The van der Waals surface area contributed by atoms with Gasteiger partial charge in [-0.15, -0.1) is 11.8 Å². The second kappa shape index (κ2) is 12.7. The van der Waals surface area contributed by atoms with Gasteiger partial charge in [0.1, 0.15) is 11.8 Å². The molecular formula is C27H36N2O3S. The zero-order valence-electron chi connectivity index (χ0n) is 20.0. The zero-order valence-corrected chi connectivity index (χ0v) is 20.8. The number of ether oxygens (including phenoxy) is 1. The van der Waals surface area contributed by atoms with Crippen LogP contribution in [-0.4, -0.2) is 41.7 Å². The highest BCUT2D eigenvalue weighted by atomic mass is 32.2. The van der Waals surface area contributed by atoms with Crippen LogP contribution in [0.3, 0.4) is 0 Å². The van der Waals surface area contributed by atoms with Crippen LogP contribution in [0.2, 0.25) is 0 Å². The van der Waals surface area contributed by atoms with Crippen molar-refractivity contribution in [2.75, 3.05) is 12.9 Å². The molecule has 1 saturated carbocycles. The van der Waals surface area contributed by atoms with Crippen LogP contribution in [0, 0.1) is 6.92 Å². The minimum Gasteiger partial charge on any atom is -0.497 e.